The Kier molecular flexibility index (Phi) is 6.24. The molecule has 0 atom stereocenters. The molecule has 0 radical (unpaired) electrons. The van der Waals surface area contributed by atoms with Crippen LogP contribution in [0.25, 0.3) is 0 Å². The van der Waals surface area contributed by atoms with E-state index >= 15 is 0 Å². The predicted octanol–water partition coefficient (Wildman–Crippen LogP) is 0.545. The van der Waals surface area contributed by atoms with Gasteiger partial charge in [0.1, 0.15) is 9.52 Å². The van der Waals surface area contributed by atoms with Gasteiger partial charge in [0, 0.05) is 14.2 Å². The minimum absolute atomic E-state index is 0.495. The molecule has 0 saturated carbocycles. The summed E-state index contributed by atoms with van der Waals surface area (Å²) in [6, 6.07) is 0. The van der Waals surface area contributed by atoms with E-state index in [0.29, 0.717) is 0 Å². The SMILES string of the molecule is C=C[SiH2]C(OC)(OC)N(CC)CC. The van der Waals surface area contributed by atoms with Crippen molar-refractivity contribution in [2.24, 2.45) is 0 Å². The van der Waals surface area contributed by atoms with Crippen molar-refractivity contribution in [2.45, 2.75) is 19.4 Å². The Morgan fingerprint density at radius 2 is 1.77 bits per heavy atom. The normalized spacial score (nSPS) is 13.0. The van der Waals surface area contributed by atoms with Crippen LogP contribution in [0.2, 0.25) is 0 Å². The van der Waals surface area contributed by atoms with Crippen molar-refractivity contribution in [3.05, 3.63) is 12.3 Å². The molecule has 0 aliphatic carbocycles. The molecule has 0 saturated heterocycles. The minimum Gasteiger partial charge on any atom is -0.344 e. The summed E-state index contributed by atoms with van der Waals surface area (Å²) in [5.41, 5.74) is 1.45. The third kappa shape index (κ3) is 2.91. The van der Waals surface area contributed by atoms with Crippen molar-refractivity contribution in [2.75, 3.05) is 27.3 Å². The first-order chi connectivity index (χ1) is 6.20. The van der Waals surface area contributed by atoms with Gasteiger partial charge in [0.25, 0.3) is 0 Å². The summed E-state index contributed by atoms with van der Waals surface area (Å²) in [5, 5.41) is 0. The highest BCUT2D eigenvalue weighted by Gasteiger charge is 2.33. The molecule has 0 aromatic carbocycles. The van der Waals surface area contributed by atoms with Gasteiger partial charge in [0.15, 0.2) is 0 Å². The number of rotatable bonds is 7. The fraction of sp³-hybridized carbons (Fsp3) is 0.778. The van der Waals surface area contributed by atoms with Crippen molar-refractivity contribution in [1.29, 1.82) is 0 Å². The maximum absolute atomic E-state index is 5.47. The Labute approximate surface area is 83.5 Å². The van der Waals surface area contributed by atoms with E-state index in [2.05, 4.69) is 25.3 Å². The van der Waals surface area contributed by atoms with Crippen molar-refractivity contribution in [3.63, 3.8) is 0 Å². The molecule has 0 rings (SSSR count). The summed E-state index contributed by atoms with van der Waals surface area (Å²) in [7, 11) is 2.79. The monoisotopic (exact) mass is 203 g/mol. The number of methoxy groups -OCH3 is 2. The van der Waals surface area contributed by atoms with E-state index in [4.69, 9.17) is 9.47 Å². The van der Waals surface area contributed by atoms with E-state index in [9.17, 15) is 0 Å². The molecular weight excluding hydrogens is 182 g/mol. The van der Waals surface area contributed by atoms with Gasteiger partial charge in [-0.3, -0.25) is 4.90 Å². The van der Waals surface area contributed by atoms with Crippen LogP contribution in [0.3, 0.4) is 0 Å². The van der Waals surface area contributed by atoms with Gasteiger partial charge < -0.3 is 9.47 Å². The fourth-order valence-corrected chi connectivity index (χ4v) is 2.93. The van der Waals surface area contributed by atoms with Crippen molar-refractivity contribution in [1.82, 2.24) is 4.90 Å². The fourth-order valence-electron chi connectivity index (χ4n) is 1.53. The van der Waals surface area contributed by atoms with Crippen LogP contribution in [-0.4, -0.2) is 47.3 Å². The zero-order valence-corrected chi connectivity index (χ0v) is 10.6. The van der Waals surface area contributed by atoms with Gasteiger partial charge in [-0.05, 0) is 13.1 Å². The zero-order valence-electron chi connectivity index (χ0n) is 9.17. The Balaban J connectivity index is 4.59. The molecule has 0 fully saturated rings. The lowest BCUT2D eigenvalue weighted by Gasteiger charge is -2.39. The van der Waals surface area contributed by atoms with Crippen LogP contribution in [0.5, 0.6) is 0 Å². The maximum Gasteiger partial charge on any atom is 0.204 e. The predicted molar refractivity (Wildman–Crippen MR) is 58.4 cm³/mol. The second kappa shape index (κ2) is 6.31. The van der Waals surface area contributed by atoms with Gasteiger partial charge in [-0.1, -0.05) is 13.8 Å². The number of nitrogens with zero attached hydrogens (tertiary/aromatic N) is 1. The molecule has 0 amide bonds. The lowest BCUT2D eigenvalue weighted by molar-refractivity contribution is -0.234. The van der Waals surface area contributed by atoms with Gasteiger partial charge in [-0.15, -0.1) is 12.3 Å². The van der Waals surface area contributed by atoms with Crippen LogP contribution in [0, 0.1) is 0 Å². The average molecular weight is 203 g/mol. The van der Waals surface area contributed by atoms with E-state index in [1.54, 1.807) is 14.2 Å². The molecule has 13 heavy (non-hydrogen) atoms. The Bertz CT molecular complexity index is 145. The second-order valence-electron chi connectivity index (χ2n) is 2.79. The van der Waals surface area contributed by atoms with Crippen LogP contribution in [0.4, 0.5) is 0 Å². The first-order valence-electron chi connectivity index (χ1n) is 4.67. The van der Waals surface area contributed by atoms with Crippen molar-refractivity contribution >= 4 is 9.52 Å². The molecule has 0 bridgehead atoms. The lowest BCUT2D eigenvalue weighted by atomic mass is 10.5. The van der Waals surface area contributed by atoms with Gasteiger partial charge >= 0.3 is 0 Å². The van der Waals surface area contributed by atoms with Crippen molar-refractivity contribution < 1.29 is 9.47 Å². The summed E-state index contributed by atoms with van der Waals surface area (Å²) in [4.78, 5) is 2.18. The van der Waals surface area contributed by atoms with E-state index in [1.807, 2.05) is 5.70 Å². The van der Waals surface area contributed by atoms with Crippen LogP contribution in [-0.2, 0) is 9.47 Å². The average Bonchev–Trinajstić information content (AvgIpc) is 2.18. The quantitative estimate of drug-likeness (QED) is 0.445. The molecule has 0 aliphatic rings. The molecule has 0 N–H and O–H groups in total. The maximum atomic E-state index is 5.47. The van der Waals surface area contributed by atoms with Gasteiger partial charge in [-0.2, -0.15) is 0 Å². The standard InChI is InChI=1S/C9H21NO2Si/c1-6-10(7-2)9(11-4,12-5)13-8-3/h8H,3,6-7,13H2,1-2,4-5H3. The summed E-state index contributed by atoms with van der Waals surface area (Å²) in [6.07, 6.45) is 0. The highest BCUT2D eigenvalue weighted by molar-refractivity contribution is 6.44. The van der Waals surface area contributed by atoms with Gasteiger partial charge in [0.2, 0.25) is 5.53 Å². The Morgan fingerprint density at radius 1 is 1.31 bits per heavy atom. The van der Waals surface area contributed by atoms with Gasteiger partial charge in [-0.25, -0.2) is 0 Å². The molecular formula is C9H21NO2Si. The molecule has 0 aromatic rings. The third-order valence-electron chi connectivity index (χ3n) is 2.29. The van der Waals surface area contributed by atoms with E-state index in [1.165, 1.54) is 0 Å². The summed E-state index contributed by atoms with van der Waals surface area (Å²) in [6.45, 7) is 9.84. The van der Waals surface area contributed by atoms with Crippen LogP contribution >= 0.6 is 0 Å². The number of hydrogen-bond acceptors (Lipinski definition) is 3. The molecule has 0 spiro atoms. The van der Waals surface area contributed by atoms with Crippen LogP contribution in [0.1, 0.15) is 13.8 Å². The van der Waals surface area contributed by atoms with E-state index in [0.717, 1.165) is 13.1 Å². The number of hydrogen-bond donors (Lipinski definition) is 0. The second-order valence-corrected chi connectivity index (χ2v) is 4.67. The zero-order chi connectivity index (χ0) is 10.3. The third-order valence-corrected chi connectivity index (χ3v) is 4.11. The van der Waals surface area contributed by atoms with Gasteiger partial charge in [0.05, 0.1) is 0 Å². The Hall–Kier alpha value is -0.163. The summed E-state index contributed by atoms with van der Waals surface area (Å²) >= 11 is 0. The summed E-state index contributed by atoms with van der Waals surface area (Å²) in [5.74, 6) is 0. The molecule has 78 valence electrons. The highest BCUT2D eigenvalue weighted by Crippen LogP contribution is 2.15. The number of ether oxygens (including phenoxy) is 2. The van der Waals surface area contributed by atoms with Crippen LogP contribution in [0.15, 0.2) is 12.3 Å². The van der Waals surface area contributed by atoms with E-state index in [-0.39, 0.29) is 0 Å². The minimum atomic E-state index is -0.595. The molecule has 4 heteroatoms. The summed E-state index contributed by atoms with van der Waals surface area (Å²) < 4.78 is 10.9. The van der Waals surface area contributed by atoms with E-state index < -0.39 is 15.1 Å². The first kappa shape index (κ1) is 12.8. The molecule has 3 nitrogen and oxygen atoms in total. The molecule has 0 unspecified atom stereocenters. The topological polar surface area (TPSA) is 21.7 Å². The molecule has 0 aromatic heterocycles. The molecule has 0 aliphatic heterocycles. The largest absolute Gasteiger partial charge is 0.344 e. The van der Waals surface area contributed by atoms with Crippen LogP contribution < -0.4 is 0 Å². The smallest absolute Gasteiger partial charge is 0.204 e. The van der Waals surface area contributed by atoms with Crippen molar-refractivity contribution in [3.8, 4) is 0 Å². The highest BCUT2D eigenvalue weighted by atomic mass is 28.2. The Morgan fingerprint density at radius 3 is 2.00 bits per heavy atom. The molecule has 0 heterocycles. The lowest BCUT2D eigenvalue weighted by Crippen LogP contribution is -2.55. The first-order valence-corrected chi connectivity index (χ1v) is 6.19.